The number of nitrogens with one attached hydrogen (secondary N) is 1. The van der Waals surface area contributed by atoms with E-state index in [9.17, 15) is 9.59 Å². The van der Waals surface area contributed by atoms with E-state index in [2.05, 4.69) is 5.32 Å². The molecule has 0 saturated carbocycles. The number of aromatic nitrogens is 3. The summed E-state index contributed by atoms with van der Waals surface area (Å²) in [5.41, 5.74) is 3.37. The molecule has 28 heavy (non-hydrogen) atoms. The zero-order chi connectivity index (χ0) is 19.7. The summed E-state index contributed by atoms with van der Waals surface area (Å²) in [4.78, 5) is 30.6. The number of rotatable bonds is 5. The molecule has 0 radical (unpaired) electrons. The van der Waals surface area contributed by atoms with E-state index in [4.69, 9.17) is 4.98 Å². The van der Waals surface area contributed by atoms with Gasteiger partial charge >= 0.3 is 0 Å². The summed E-state index contributed by atoms with van der Waals surface area (Å²) in [6, 6.07) is 15.3. The van der Waals surface area contributed by atoms with Gasteiger partial charge in [-0.2, -0.15) is 0 Å². The molecule has 3 aromatic heterocycles. The number of benzene rings is 1. The molecule has 4 aromatic rings. The van der Waals surface area contributed by atoms with Crippen molar-refractivity contribution in [1.29, 1.82) is 0 Å². The second kappa shape index (κ2) is 7.31. The molecule has 142 valence electrons. The molecule has 0 unspecified atom stereocenters. The first kappa shape index (κ1) is 18.0. The van der Waals surface area contributed by atoms with Crippen LogP contribution in [0.2, 0.25) is 0 Å². The number of amides is 1. The van der Waals surface area contributed by atoms with Crippen LogP contribution in [0.15, 0.2) is 59.5 Å². The van der Waals surface area contributed by atoms with Gasteiger partial charge in [-0.1, -0.05) is 43.3 Å². The van der Waals surface area contributed by atoms with E-state index < -0.39 is 0 Å². The van der Waals surface area contributed by atoms with Crippen LogP contribution in [0, 0.1) is 6.92 Å². The smallest absolute Gasteiger partial charge is 0.268 e. The SMILES string of the molecule is CCCNC(=O)c1cc2c(=O)n3cccc(C)c3nc2n1Cc1ccccc1. The van der Waals surface area contributed by atoms with Crippen molar-refractivity contribution < 1.29 is 4.79 Å². The van der Waals surface area contributed by atoms with E-state index in [1.54, 1.807) is 12.3 Å². The highest BCUT2D eigenvalue weighted by Gasteiger charge is 2.20. The minimum atomic E-state index is -0.194. The summed E-state index contributed by atoms with van der Waals surface area (Å²) < 4.78 is 3.38. The lowest BCUT2D eigenvalue weighted by atomic mass is 10.2. The van der Waals surface area contributed by atoms with Gasteiger partial charge in [-0.3, -0.25) is 14.0 Å². The molecule has 0 fully saturated rings. The predicted molar refractivity (Wildman–Crippen MR) is 110 cm³/mol. The van der Waals surface area contributed by atoms with Gasteiger partial charge in [-0.15, -0.1) is 0 Å². The van der Waals surface area contributed by atoms with Crippen molar-refractivity contribution in [1.82, 2.24) is 19.3 Å². The maximum Gasteiger partial charge on any atom is 0.268 e. The van der Waals surface area contributed by atoms with E-state index in [0.717, 1.165) is 17.5 Å². The summed E-state index contributed by atoms with van der Waals surface area (Å²) in [6.07, 6.45) is 2.55. The standard InChI is InChI=1S/C22H22N4O2/c1-3-11-23-21(27)18-13-17-20(26(18)14-16-9-5-4-6-10-16)24-19-15(2)8-7-12-25(19)22(17)28/h4-10,12-13H,3,11,14H2,1-2H3,(H,23,27). The van der Waals surface area contributed by atoms with Crippen LogP contribution >= 0.6 is 0 Å². The van der Waals surface area contributed by atoms with Crippen LogP contribution in [0.4, 0.5) is 0 Å². The molecule has 0 saturated heterocycles. The van der Waals surface area contributed by atoms with Crippen molar-refractivity contribution >= 4 is 22.6 Å². The van der Waals surface area contributed by atoms with Crippen molar-refractivity contribution in [2.24, 2.45) is 0 Å². The van der Waals surface area contributed by atoms with Crippen LogP contribution in [0.25, 0.3) is 16.7 Å². The fourth-order valence-corrected chi connectivity index (χ4v) is 3.40. The highest BCUT2D eigenvalue weighted by atomic mass is 16.2. The zero-order valence-corrected chi connectivity index (χ0v) is 16.0. The molecule has 0 aliphatic carbocycles. The van der Waals surface area contributed by atoms with Crippen LogP contribution in [-0.4, -0.2) is 26.4 Å². The van der Waals surface area contributed by atoms with Gasteiger partial charge in [0.05, 0.1) is 5.39 Å². The van der Waals surface area contributed by atoms with E-state index in [0.29, 0.717) is 35.5 Å². The highest BCUT2D eigenvalue weighted by Crippen LogP contribution is 2.19. The van der Waals surface area contributed by atoms with Crippen molar-refractivity contribution in [3.8, 4) is 0 Å². The molecule has 3 heterocycles. The lowest BCUT2D eigenvalue weighted by molar-refractivity contribution is 0.0945. The lowest BCUT2D eigenvalue weighted by Crippen LogP contribution is -2.26. The van der Waals surface area contributed by atoms with Crippen LogP contribution < -0.4 is 10.9 Å². The van der Waals surface area contributed by atoms with Gasteiger partial charge in [0.1, 0.15) is 17.0 Å². The molecular weight excluding hydrogens is 352 g/mol. The molecule has 0 atom stereocenters. The van der Waals surface area contributed by atoms with Gasteiger partial charge in [0.2, 0.25) is 0 Å². The molecular formula is C22H22N4O2. The minimum absolute atomic E-state index is 0.167. The number of fused-ring (bicyclic) bond motifs is 2. The normalized spacial score (nSPS) is 11.2. The maximum absolute atomic E-state index is 13.1. The molecule has 1 N–H and O–H groups in total. The average Bonchev–Trinajstić information content (AvgIpc) is 3.07. The number of pyridine rings is 1. The summed E-state index contributed by atoms with van der Waals surface area (Å²) >= 11 is 0. The first-order valence-electron chi connectivity index (χ1n) is 9.43. The summed E-state index contributed by atoms with van der Waals surface area (Å²) in [5, 5.41) is 3.36. The zero-order valence-electron chi connectivity index (χ0n) is 16.0. The molecule has 0 spiro atoms. The molecule has 4 rings (SSSR count). The third-order valence-corrected chi connectivity index (χ3v) is 4.84. The number of aryl methyl sites for hydroxylation is 1. The number of hydrogen-bond acceptors (Lipinski definition) is 3. The van der Waals surface area contributed by atoms with Gasteiger partial charge in [0.25, 0.3) is 11.5 Å². The fraction of sp³-hybridized carbons (Fsp3) is 0.227. The number of carbonyl (C=O) groups is 1. The monoisotopic (exact) mass is 374 g/mol. The van der Waals surface area contributed by atoms with Gasteiger partial charge < -0.3 is 9.88 Å². The number of carbonyl (C=O) groups excluding carboxylic acids is 1. The first-order valence-corrected chi connectivity index (χ1v) is 9.43. The third kappa shape index (κ3) is 3.07. The van der Waals surface area contributed by atoms with Crippen LogP contribution in [0.1, 0.15) is 35.0 Å². The quantitative estimate of drug-likeness (QED) is 0.583. The van der Waals surface area contributed by atoms with Crippen LogP contribution in [0.5, 0.6) is 0 Å². The summed E-state index contributed by atoms with van der Waals surface area (Å²) in [5.74, 6) is -0.194. The Bertz CT molecular complexity index is 1220. The van der Waals surface area contributed by atoms with E-state index in [1.165, 1.54) is 4.40 Å². The van der Waals surface area contributed by atoms with Crippen molar-refractivity contribution in [2.75, 3.05) is 6.54 Å². The van der Waals surface area contributed by atoms with Crippen LogP contribution in [0.3, 0.4) is 0 Å². The third-order valence-electron chi connectivity index (χ3n) is 4.84. The van der Waals surface area contributed by atoms with Crippen molar-refractivity contribution in [3.05, 3.63) is 81.9 Å². The molecule has 6 heteroatoms. The Balaban J connectivity index is 1.98. The Morgan fingerprint density at radius 2 is 1.89 bits per heavy atom. The van der Waals surface area contributed by atoms with Crippen molar-refractivity contribution in [3.63, 3.8) is 0 Å². The first-order chi connectivity index (χ1) is 13.6. The van der Waals surface area contributed by atoms with Gasteiger partial charge in [0, 0.05) is 19.3 Å². The Hall–Kier alpha value is -3.41. The van der Waals surface area contributed by atoms with Gasteiger partial charge in [0.15, 0.2) is 0 Å². The molecule has 0 aliphatic rings. The maximum atomic E-state index is 13.1. The Morgan fingerprint density at radius 1 is 1.11 bits per heavy atom. The second-order valence-electron chi connectivity index (χ2n) is 6.90. The molecule has 1 aromatic carbocycles. The average molecular weight is 374 g/mol. The van der Waals surface area contributed by atoms with Gasteiger partial charge in [-0.25, -0.2) is 4.98 Å². The van der Waals surface area contributed by atoms with Crippen molar-refractivity contribution in [2.45, 2.75) is 26.8 Å². The Morgan fingerprint density at radius 3 is 2.64 bits per heavy atom. The van der Waals surface area contributed by atoms with E-state index in [-0.39, 0.29) is 11.5 Å². The fourth-order valence-electron chi connectivity index (χ4n) is 3.40. The van der Waals surface area contributed by atoms with Crippen LogP contribution in [-0.2, 0) is 6.54 Å². The summed E-state index contributed by atoms with van der Waals surface area (Å²) in [7, 11) is 0. The Labute approximate surface area is 162 Å². The minimum Gasteiger partial charge on any atom is -0.351 e. The number of hydrogen-bond donors (Lipinski definition) is 1. The molecule has 1 amide bonds. The van der Waals surface area contributed by atoms with E-state index in [1.807, 2.05) is 60.9 Å². The lowest BCUT2D eigenvalue weighted by Gasteiger charge is -2.11. The highest BCUT2D eigenvalue weighted by molar-refractivity contribution is 5.98. The second-order valence-corrected chi connectivity index (χ2v) is 6.90. The molecule has 6 nitrogen and oxygen atoms in total. The molecule has 0 aliphatic heterocycles. The van der Waals surface area contributed by atoms with Gasteiger partial charge in [-0.05, 0) is 36.6 Å². The number of nitrogens with zero attached hydrogens (tertiary/aromatic N) is 3. The topological polar surface area (TPSA) is 68.4 Å². The summed E-state index contributed by atoms with van der Waals surface area (Å²) in [6.45, 7) is 4.98. The molecule has 0 bridgehead atoms. The predicted octanol–water partition coefficient (Wildman–Crippen LogP) is 3.15. The largest absolute Gasteiger partial charge is 0.351 e. The Kier molecular flexibility index (Phi) is 4.69. The van der Waals surface area contributed by atoms with E-state index >= 15 is 0 Å².